The summed E-state index contributed by atoms with van der Waals surface area (Å²) in [6.45, 7) is 2.63. The molecule has 0 radical (unpaired) electrons. The van der Waals surface area contributed by atoms with Crippen LogP contribution in [0.15, 0.2) is 84.1 Å². The number of hydrogen-bond donors (Lipinski definition) is 1. The summed E-state index contributed by atoms with van der Waals surface area (Å²) in [5.41, 5.74) is 3.35. The summed E-state index contributed by atoms with van der Waals surface area (Å²) in [5, 5.41) is 8.75. The van der Waals surface area contributed by atoms with Crippen LogP contribution in [0.2, 0.25) is 0 Å². The molecule has 0 aliphatic rings. The van der Waals surface area contributed by atoms with Gasteiger partial charge in [0.2, 0.25) is 10.0 Å². The van der Waals surface area contributed by atoms with Gasteiger partial charge in [-0.25, -0.2) is 17.8 Å². The molecule has 0 bridgehead atoms. The van der Waals surface area contributed by atoms with E-state index in [2.05, 4.69) is 9.82 Å². The predicted octanol–water partition coefficient (Wildman–Crippen LogP) is 3.23. The number of aromatic nitrogens is 4. The molecule has 8 heteroatoms. The number of nitrogens with zero attached hydrogens (tertiary/aromatic N) is 4. The highest BCUT2D eigenvalue weighted by Crippen LogP contribution is 2.24. The Hall–Kier alpha value is -3.23. The molecule has 2 heterocycles. The van der Waals surface area contributed by atoms with E-state index in [-0.39, 0.29) is 11.4 Å². The zero-order valence-electron chi connectivity index (χ0n) is 15.9. The smallest absolute Gasteiger partial charge is 0.243 e. The average molecular weight is 407 g/mol. The number of para-hydroxylation sites is 1. The van der Waals surface area contributed by atoms with Gasteiger partial charge < -0.3 is 0 Å². The molecule has 7 nitrogen and oxygen atoms in total. The van der Waals surface area contributed by atoms with E-state index in [1.807, 2.05) is 73.8 Å². The lowest BCUT2D eigenvalue weighted by molar-refractivity contribution is 0.581. The van der Waals surface area contributed by atoms with Crippen molar-refractivity contribution in [2.75, 3.05) is 0 Å². The fraction of sp³-hybridized carbons (Fsp3) is 0.143. The maximum absolute atomic E-state index is 12.7. The Morgan fingerprint density at radius 2 is 1.66 bits per heavy atom. The molecule has 0 saturated heterocycles. The Morgan fingerprint density at radius 3 is 2.31 bits per heavy atom. The van der Waals surface area contributed by atoms with Gasteiger partial charge in [0.15, 0.2) is 0 Å². The van der Waals surface area contributed by atoms with Crippen LogP contribution in [0.1, 0.15) is 12.5 Å². The lowest BCUT2D eigenvalue weighted by atomic mass is 10.1. The van der Waals surface area contributed by atoms with Crippen LogP contribution in [-0.2, 0) is 23.1 Å². The molecule has 0 spiro atoms. The van der Waals surface area contributed by atoms with Crippen LogP contribution < -0.4 is 4.72 Å². The van der Waals surface area contributed by atoms with E-state index in [9.17, 15) is 8.42 Å². The second-order valence-corrected chi connectivity index (χ2v) is 8.27. The summed E-state index contributed by atoms with van der Waals surface area (Å²) < 4.78 is 31.4. The van der Waals surface area contributed by atoms with Crippen molar-refractivity contribution in [2.24, 2.45) is 0 Å². The first kappa shape index (κ1) is 19.1. The molecule has 0 saturated carbocycles. The quantitative estimate of drug-likeness (QED) is 0.510. The lowest BCUT2D eigenvalue weighted by Gasteiger charge is -2.05. The van der Waals surface area contributed by atoms with Crippen molar-refractivity contribution >= 4 is 10.0 Å². The molecule has 148 valence electrons. The Kier molecular flexibility index (Phi) is 5.28. The van der Waals surface area contributed by atoms with Gasteiger partial charge in [0.1, 0.15) is 4.90 Å². The molecule has 0 fully saturated rings. The van der Waals surface area contributed by atoms with E-state index in [0.29, 0.717) is 6.54 Å². The Labute approximate surface area is 169 Å². The van der Waals surface area contributed by atoms with Crippen molar-refractivity contribution < 1.29 is 8.42 Å². The fourth-order valence-electron chi connectivity index (χ4n) is 3.00. The molecule has 4 rings (SSSR count). The molecular formula is C21H21N5O2S. The lowest BCUT2D eigenvalue weighted by Crippen LogP contribution is -2.23. The van der Waals surface area contributed by atoms with Gasteiger partial charge in [-0.1, -0.05) is 48.5 Å². The van der Waals surface area contributed by atoms with Gasteiger partial charge in [-0.15, -0.1) is 0 Å². The van der Waals surface area contributed by atoms with Gasteiger partial charge in [-0.2, -0.15) is 10.2 Å². The van der Waals surface area contributed by atoms with Gasteiger partial charge >= 0.3 is 0 Å². The standard InChI is InChI=1S/C21H21N5O2S/c1-2-25-16-20(14-22-25)29(27,28)23-13-18-15-26(19-11-7-4-8-12-19)24-21(18)17-9-5-3-6-10-17/h3-12,14-16,23H,2,13H2,1H3. The van der Waals surface area contributed by atoms with E-state index >= 15 is 0 Å². The van der Waals surface area contributed by atoms with Crippen molar-refractivity contribution in [1.82, 2.24) is 24.3 Å². The third kappa shape index (κ3) is 4.13. The number of nitrogens with one attached hydrogen (secondary N) is 1. The highest BCUT2D eigenvalue weighted by Gasteiger charge is 2.19. The third-order valence-electron chi connectivity index (χ3n) is 4.55. The van der Waals surface area contributed by atoms with Crippen molar-refractivity contribution in [3.8, 4) is 16.9 Å². The number of hydrogen-bond acceptors (Lipinski definition) is 4. The van der Waals surface area contributed by atoms with E-state index < -0.39 is 10.0 Å². The first-order valence-corrected chi connectivity index (χ1v) is 10.8. The van der Waals surface area contributed by atoms with E-state index in [1.165, 1.54) is 12.4 Å². The molecule has 0 aliphatic heterocycles. The molecule has 1 N–H and O–H groups in total. The molecule has 0 atom stereocenters. The molecule has 4 aromatic rings. The average Bonchev–Trinajstić information content (AvgIpc) is 3.41. The summed E-state index contributed by atoms with van der Waals surface area (Å²) in [6, 6.07) is 19.4. The monoisotopic (exact) mass is 407 g/mol. The molecular weight excluding hydrogens is 386 g/mol. The van der Waals surface area contributed by atoms with Crippen LogP contribution >= 0.6 is 0 Å². The molecule has 29 heavy (non-hydrogen) atoms. The Morgan fingerprint density at radius 1 is 0.966 bits per heavy atom. The van der Waals surface area contributed by atoms with Crippen molar-refractivity contribution in [2.45, 2.75) is 24.9 Å². The molecule has 0 amide bonds. The fourth-order valence-corrected chi connectivity index (χ4v) is 3.96. The van der Waals surface area contributed by atoms with Crippen molar-refractivity contribution in [3.63, 3.8) is 0 Å². The summed E-state index contributed by atoms with van der Waals surface area (Å²) in [5.74, 6) is 0. The van der Waals surface area contributed by atoms with Gasteiger partial charge in [-0.3, -0.25) is 4.68 Å². The molecule has 2 aromatic heterocycles. The second-order valence-electron chi connectivity index (χ2n) is 6.51. The van der Waals surface area contributed by atoms with Crippen LogP contribution in [0, 0.1) is 0 Å². The number of rotatable bonds is 7. The van der Waals surface area contributed by atoms with Gasteiger partial charge in [0, 0.05) is 36.6 Å². The predicted molar refractivity (Wildman–Crippen MR) is 111 cm³/mol. The molecule has 0 aliphatic carbocycles. The topological polar surface area (TPSA) is 81.8 Å². The van der Waals surface area contributed by atoms with Crippen LogP contribution in [0.4, 0.5) is 0 Å². The Bertz CT molecular complexity index is 1200. The van der Waals surface area contributed by atoms with Crippen LogP contribution in [0.5, 0.6) is 0 Å². The Balaban J connectivity index is 1.66. The van der Waals surface area contributed by atoms with Gasteiger partial charge in [-0.05, 0) is 19.1 Å². The second kappa shape index (κ2) is 8.02. The van der Waals surface area contributed by atoms with Gasteiger partial charge in [0.05, 0.1) is 17.6 Å². The van der Waals surface area contributed by atoms with E-state index in [4.69, 9.17) is 5.10 Å². The largest absolute Gasteiger partial charge is 0.272 e. The highest BCUT2D eigenvalue weighted by atomic mass is 32.2. The van der Waals surface area contributed by atoms with Crippen LogP contribution in [-0.4, -0.2) is 28.0 Å². The van der Waals surface area contributed by atoms with E-state index in [0.717, 1.165) is 22.5 Å². The summed E-state index contributed by atoms with van der Waals surface area (Å²) >= 11 is 0. The summed E-state index contributed by atoms with van der Waals surface area (Å²) in [4.78, 5) is 0.149. The number of aryl methyl sites for hydroxylation is 1. The van der Waals surface area contributed by atoms with Crippen molar-refractivity contribution in [3.05, 3.63) is 84.8 Å². The maximum Gasteiger partial charge on any atom is 0.243 e. The van der Waals surface area contributed by atoms with Crippen LogP contribution in [0.3, 0.4) is 0 Å². The summed E-state index contributed by atoms with van der Waals surface area (Å²) in [6.07, 6.45) is 4.74. The minimum absolute atomic E-state index is 0.122. The maximum atomic E-state index is 12.7. The van der Waals surface area contributed by atoms with Gasteiger partial charge in [0.25, 0.3) is 0 Å². The minimum atomic E-state index is -3.67. The first-order chi connectivity index (χ1) is 14.1. The van der Waals surface area contributed by atoms with E-state index in [1.54, 1.807) is 9.36 Å². The van der Waals surface area contributed by atoms with Crippen molar-refractivity contribution in [1.29, 1.82) is 0 Å². The number of sulfonamides is 1. The van der Waals surface area contributed by atoms with Crippen LogP contribution in [0.25, 0.3) is 16.9 Å². The SMILES string of the molecule is CCn1cc(S(=O)(=O)NCc2cn(-c3ccccc3)nc2-c2ccccc2)cn1. The number of benzene rings is 2. The minimum Gasteiger partial charge on any atom is -0.272 e. The molecule has 0 unspecified atom stereocenters. The molecule has 2 aromatic carbocycles. The zero-order valence-corrected chi connectivity index (χ0v) is 16.7. The highest BCUT2D eigenvalue weighted by molar-refractivity contribution is 7.89. The third-order valence-corrected chi connectivity index (χ3v) is 5.91. The zero-order chi connectivity index (χ0) is 20.3. The normalized spacial score (nSPS) is 11.6. The first-order valence-electron chi connectivity index (χ1n) is 9.28. The summed E-state index contributed by atoms with van der Waals surface area (Å²) in [7, 11) is -3.67.